The van der Waals surface area contributed by atoms with Crippen LogP contribution >= 0.6 is 0 Å². The second kappa shape index (κ2) is 9.42. The van der Waals surface area contributed by atoms with Crippen molar-refractivity contribution in [2.24, 2.45) is 10.7 Å². The maximum absolute atomic E-state index is 13.4. The zero-order chi connectivity index (χ0) is 21.8. The van der Waals surface area contributed by atoms with Crippen LogP contribution in [0.15, 0.2) is 75.9 Å². The molecule has 1 unspecified atom stereocenters. The van der Waals surface area contributed by atoms with E-state index in [0.717, 1.165) is 0 Å². The van der Waals surface area contributed by atoms with E-state index in [9.17, 15) is 9.00 Å². The maximum atomic E-state index is 13.4. The molecule has 0 radical (unpaired) electrons. The number of nitrogens with zero attached hydrogens (tertiary/aromatic N) is 3. The Morgan fingerprint density at radius 1 is 1.13 bits per heavy atom. The van der Waals surface area contributed by atoms with Gasteiger partial charge in [0, 0.05) is 25.8 Å². The molecular formula is C22H24N4O4S. The Balaban J connectivity index is 1.92. The normalized spacial score (nSPS) is 21.7. The highest BCUT2D eigenvalue weighted by atomic mass is 32.2. The van der Waals surface area contributed by atoms with Crippen LogP contribution in [0.2, 0.25) is 0 Å². The topological polar surface area (TPSA) is 97.5 Å². The first-order valence-electron chi connectivity index (χ1n) is 9.90. The van der Waals surface area contributed by atoms with Gasteiger partial charge in [-0.3, -0.25) is 9.10 Å². The highest BCUT2D eigenvalue weighted by Gasteiger charge is 2.36. The number of benzene rings is 2. The number of hydrogen-bond acceptors (Lipinski definition) is 6. The van der Waals surface area contributed by atoms with Gasteiger partial charge in [-0.25, -0.2) is 9.20 Å². The fourth-order valence-corrected chi connectivity index (χ4v) is 4.87. The van der Waals surface area contributed by atoms with Crippen LogP contribution in [0, 0.1) is 0 Å². The number of ether oxygens (including phenoxy) is 2. The van der Waals surface area contributed by atoms with E-state index in [4.69, 9.17) is 20.2 Å². The lowest BCUT2D eigenvalue weighted by molar-refractivity contribution is -0.131. The van der Waals surface area contributed by atoms with Crippen molar-refractivity contribution in [3.05, 3.63) is 71.6 Å². The number of para-hydroxylation sites is 1. The molecule has 1 atom stereocenters. The Hall–Kier alpha value is -3.01. The van der Waals surface area contributed by atoms with E-state index in [1.54, 1.807) is 11.0 Å². The van der Waals surface area contributed by atoms with E-state index < -0.39 is 11.0 Å². The summed E-state index contributed by atoms with van der Waals surface area (Å²) in [6.07, 6.45) is 0. The molecule has 0 spiro atoms. The van der Waals surface area contributed by atoms with Gasteiger partial charge in [0.15, 0.2) is 11.0 Å². The van der Waals surface area contributed by atoms with E-state index in [0.29, 0.717) is 53.9 Å². The smallest absolute Gasteiger partial charge is 0.272 e. The molecule has 0 aliphatic carbocycles. The fraction of sp³-hybridized carbons (Fsp3) is 0.273. The summed E-state index contributed by atoms with van der Waals surface area (Å²) in [6.45, 7) is 1.79. The van der Waals surface area contributed by atoms with Crippen molar-refractivity contribution in [1.29, 1.82) is 0 Å². The molecule has 2 aliphatic rings. The number of nitrogens with two attached hydrogens (primary N) is 1. The van der Waals surface area contributed by atoms with Crippen LogP contribution in [-0.2, 0) is 25.3 Å². The third-order valence-electron chi connectivity index (χ3n) is 5.03. The molecule has 2 aromatic rings. The molecule has 1 saturated heterocycles. The van der Waals surface area contributed by atoms with Gasteiger partial charge in [0.1, 0.15) is 18.1 Å². The molecule has 0 bridgehead atoms. The van der Waals surface area contributed by atoms with Gasteiger partial charge >= 0.3 is 0 Å². The van der Waals surface area contributed by atoms with Gasteiger partial charge in [0.25, 0.3) is 5.91 Å². The first-order chi connectivity index (χ1) is 15.1. The second-order valence-corrected chi connectivity index (χ2v) is 8.38. The van der Waals surface area contributed by atoms with Crippen molar-refractivity contribution in [1.82, 2.24) is 9.21 Å². The minimum atomic E-state index is -1.61. The largest absolute Gasteiger partial charge is 0.392 e. The average molecular weight is 441 g/mol. The number of amides is 1. The Labute approximate surface area is 183 Å². The monoisotopic (exact) mass is 440 g/mol. The number of fused-ring (bicyclic) bond motifs is 1. The van der Waals surface area contributed by atoms with Gasteiger partial charge in [0.2, 0.25) is 0 Å². The first kappa shape index (κ1) is 21.2. The molecule has 9 heteroatoms. The van der Waals surface area contributed by atoms with Crippen molar-refractivity contribution in [2.45, 2.75) is 4.90 Å². The summed E-state index contributed by atoms with van der Waals surface area (Å²) in [5.74, 6) is -0.337. The fourth-order valence-electron chi connectivity index (χ4n) is 3.54. The number of hydrogen-bond donors (Lipinski definition) is 1. The highest BCUT2D eigenvalue weighted by Crippen LogP contribution is 2.33. The van der Waals surface area contributed by atoms with Crippen LogP contribution in [0.25, 0.3) is 0 Å². The number of carbonyl (C=O) groups excluding carboxylic acids is 1. The Kier molecular flexibility index (Phi) is 6.45. The number of morpholine rings is 1. The van der Waals surface area contributed by atoms with Crippen molar-refractivity contribution >= 4 is 28.3 Å². The molecule has 8 nitrogen and oxygen atoms in total. The van der Waals surface area contributed by atoms with Gasteiger partial charge in [-0.1, -0.05) is 36.4 Å². The van der Waals surface area contributed by atoms with Gasteiger partial charge < -0.3 is 20.1 Å². The molecule has 162 valence electrons. The van der Waals surface area contributed by atoms with E-state index in [1.165, 1.54) is 11.4 Å². The van der Waals surface area contributed by atoms with E-state index in [-0.39, 0.29) is 18.3 Å². The molecule has 1 amide bonds. The number of carbonyl (C=O) groups is 1. The van der Waals surface area contributed by atoms with Crippen LogP contribution < -0.4 is 5.73 Å². The lowest BCUT2D eigenvalue weighted by Crippen LogP contribution is -2.46. The number of methoxy groups -OCH3 is 1. The Morgan fingerprint density at radius 2 is 1.81 bits per heavy atom. The van der Waals surface area contributed by atoms with Crippen molar-refractivity contribution in [2.75, 3.05) is 40.1 Å². The van der Waals surface area contributed by atoms with Crippen molar-refractivity contribution < 1.29 is 18.5 Å². The van der Waals surface area contributed by atoms with Gasteiger partial charge in [-0.15, -0.1) is 0 Å². The summed E-state index contributed by atoms with van der Waals surface area (Å²) in [7, 11) is -0.106. The lowest BCUT2D eigenvalue weighted by atomic mass is 10.0. The minimum absolute atomic E-state index is 0.0127. The van der Waals surface area contributed by atoms with Crippen molar-refractivity contribution in [3.63, 3.8) is 0 Å². The second-order valence-electron chi connectivity index (χ2n) is 7.00. The van der Waals surface area contributed by atoms with Crippen LogP contribution in [0.5, 0.6) is 0 Å². The molecule has 0 saturated carbocycles. The van der Waals surface area contributed by atoms with Crippen LogP contribution in [0.3, 0.4) is 0 Å². The molecule has 2 heterocycles. The van der Waals surface area contributed by atoms with Crippen LogP contribution in [0.1, 0.15) is 5.56 Å². The summed E-state index contributed by atoms with van der Waals surface area (Å²) in [5.41, 5.74) is 8.58. The number of rotatable bonds is 4. The first-order valence-corrected chi connectivity index (χ1v) is 11.0. The quantitative estimate of drug-likeness (QED) is 0.731. The summed E-state index contributed by atoms with van der Waals surface area (Å²) in [4.78, 5) is 20.3. The molecule has 2 aliphatic heterocycles. The van der Waals surface area contributed by atoms with Crippen LogP contribution in [0.4, 0.5) is 5.69 Å². The third-order valence-corrected chi connectivity index (χ3v) is 6.45. The zero-order valence-electron chi connectivity index (χ0n) is 17.2. The zero-order valence-corrected chi connectivity index (χ0v) is 18.0. The molecule has 0 aromatic heterocycles. The molecule has 31 heavy (non-hydrogen) atoms. The standard InChI is InChI=1S/C22H24N4O4S/c1-29-15-26-21(19(23)22(27)25-11-13-30-14-12-25)20(24-16-7-3-2-4-8-16)17-9-5-6-10-18(17)31(26)28/h2-10H,11-15,23H2,1H3. The predicted octanol–water partition coefficient (Wildman–Crippen LogP) is 1.78. The van der Waals surface area contributed by atoms with Gasteiger partial charge in [0.05, 0.1) is 29.5 Å². The maximum Gasteiger partial charge on any atom is 0.272 e. The Bertz CT molecular complexity index is 1050. The van der Waals surface area contributed by atoms with E-state index >= 15 is 0 Å². The third kappa shape index (κ3) is 4.25. The Morgan fingerprint density at radius 3 is 2.52 bits per heavy atom. The molecule has 4 rings (SSSR count). The molecule has 2 aromatic carbocycles. The number of aliphatic imine (C=N–C) groups is 1. The summed E-state index contributed by atoms with van der Waals surface area (Å²) >= 11 is 0. The molecule has 2 N–H and O–H groups in total. The molecule has 1 fully saturated rings. The summed E-state index contributed by atoms with van der Waals surface area (Å²) in [6, 6.07) is 16.7. The van der Waals surface area contributed by atoms with Crippen LogP contribution in [-0.4, -0.2) is 65.2 Å². The average Bonchev–Trinajstić information content (AvgIpc) is 2.82. The SMILES string of the molecule is COCN1C(=C(N)C(=O)N2CCOCC2)C(=Nc2ccccc2)c2ccccc2S1=O. The van der Waals surface area contributed by atoms with E-state index in [2.05, 4.69) is 0 Å². The van der Waals surface area contributed by atoms with Gasteiger partial charge in [-0.2, -0.15) is 0 Å². The summed E-state index contributed by atoms with van der Waals surface area (Å²) in [5, 5.41) is 0. The highest BCUT2D eigenvalue weighted by molar-refractivity contribution is 7.83. The predicted molar refractivity (Wildman–Crippen MR) is 118 cm³/mol. The molecular weight excluding hydrogens is 416 g/mol. The van der Waals surface area contributed by atoms with Gasteiger partial charge in [-0.05, 0) is 18.2 Å². The van der Waals surface area contributed by atoms with Crippen molar-refractivity contribution in [3.8, 4) is 0 Å². The minimum Gasteiger partial charge on any atom is -0.392 e. The van der Waals surface area contributed by atoms with E-state index in [1.807, 2.05) is 48.5 Å². The lowest BCUT2D eigenvalue weighted by Gasteiger charge is -2.34. The number of allylic oxidation sites excluding steroid dienone is 1. The summed E-state index contributed by atoms with van der Waals surface area (Å²) < 4.78 is 25.5.